The molecule has 0 aliphatic carbocycles. The van der Waals surface area contributed by atoms with Gasteiger partial charge in [0.25, 0.3) is 0 Å². The summed E-state index contributed by atoms with van der Waals surface area (Å²) in [5, 5.41) is 27.5. The second kappa shape index (κ2) is 5.64. The minimum absolute atomic E-state index is 0.311. The SMILES string of the molecule is OCCC(O)C(O)c1cc(F)ccc1C(F)(F)F. The lowest BCUT2D eigenvalue weighted by atomic mass is 9.96. The van der Waals surface area contributed by atoms with Gasteiger partial charge in [0.05, 0.1) is 11.7 Å². The zero-order chi connectivity index (χ0) is 13.9. The van der Waals surface area contributed by atoms with Crippen molar-refractivity contribution in [1.82, 2.24) is 0 Å². The van der Waals surface area contributed by atoms with E-state index in [4.69, 9.17) is 5.11 Å². The van der Waals surface area contributed by atoms with E-state index in [0.29, 0.717) is 18.2 Å². The highest BCUT2D eigenvalue weighted by Gasteiger charge is 2.36. The molecule has 0 fully saturated rings. The predicted octanol–water partition coefficient (Wildman–Crippen LogP) is 1.62. The number of alkyl halides is 3. The lowest BCUT2D eigenvalue weighted by molar-refractivity contribution is -0.140. The molecular formula is C11H12F4O3. The monoisotopic (exact) mass is 268 g/mol. The molecule has 2 atom stereocenters. The summed E-state index contributed by atoms with van der Waals surface area (Å²) in [6, 6.07) is 1.64. The number of hydrogen-bond acceptors (Lipinski definition) is 3. The van der Waals surface area contributed by atoms with Crippen molar-refractivity contribution in [3.63, 3.8) is 0 Å². The molecule has 3 N–H and O–H groups in total. The van der Waals surface area contributed by atoms with E-state index in [1.54, 1.807) is 0 Å². The van der Waals surface area contributed by atoms with Crippen LogP contribution in [0.5, 0.6) is 0 Å². The Morgan fingerprint density at radius 3 is 2.28 bits per heavy atom. The first-order valence-corrected chi connectivity index (χ1v) is 5.11. The summed E-state index contributed by atoms with van der Waals surface area (Å²) in [5.74, 6) is -0.951. The summed E-state index contributed by atoms with van der Waals surface area (Å²) in [5.41, 5.74) is -1.96. The van der Waals surface area contributed by atoms with Crippen LogP contribution in [0.4, 0.5) is 17.6 Å². The molecule has 0 saturated carbocycles. The van der Waals surface area contributed by atoms with E-state index < -0.39 is 41.9 Å². The minimum Gasteiger partial charge on any atom is -0.396 e. The number of aliphatic hydroxyl groups is 3. The van der Waals surface area contributed by atoms with Crippen LogP contribution in [0.25, 0.3) is 0 Å². The molecule has 0 aliphatic rings. The Hall–Kier alpha value is -1.18. The normalized spacial score (nSPS) is 15.5. The van der Waals surface area contributed by atoms with Crippen molar-refractivity contribution in [2.24, 2.45) is 0 Å². The Morgan fingerprint density at radius 1 is 1.17 bits per heavy atom. The molecule has 0 bridgehead atoms. The summed E-state index contributed by atoms with van der Waals surface area (Å²) in [7, 11) is 0. The van der Waals surface area contributed by atoms with Crippen LogP contribution in [-0.4, -0.2) is 28.0 Å². The third-order valence-corrected chi connectivity index (χ3v) is 2.43. The molecule has 0 aromatic heterocycles. The van der Waals surface area contributed by atoms with E-state index in [9.17, 15) is 27.8 Å². The van der Waals surface area contributed by atoms with Crippen LogP contribution in [0, 0.1) is 5.82 Å². The highest BCUT2D eigenvalue weighted by Crippen LogP contribution is 2.36. The second-order valence-electron chi connectivity index (χ2n) is 3.75. The first-order chi connectivity index (χ1) is 8.27. The van der Waals surface area contributed by atoms with Gasteiger partial charge in [-0.1, -0.05) is 0 Å². The molecule has 0 spiro atoms. The van der Waals surface area contributed by atoms with Crippen molar-refractivity contribution in [2.75, 3.05) is 6.61 Å². The zero-order valence-electron chi connectivity index (χ0n) is 9.15. The average Bonchev–Trinajstić information content (AvgIpc) is 2.26. The standard InChI is InChI=1S/C11H12F4O3/c12-6-1-2-8(11(13,14)15)7(5-6)10(18)9(17)3-4-16/h1-2,5,9-10,16-18H,3-4H2. The third-order valence-electron chi connectivity index (χ3n) is 2.43. The quantitative estimate of drug-likeness (QED) is 0.727. The first-order valence-electron chi connectivity index (χ1n) is 5.11. The van der Waals surface area contributed by atoms with E-state index in [0.717, 1.165) is 0 Å². The lowest BCUT2D eigenvalue weighted by Gasteiger charge is -2.21. The zero-order valence-corrected chi connectivity index (χ0v) is 9.15. The number of benzene rings is 1. The molecule has 2 unspecified atom stereocenters. The van der Waals surface area contributed by atoms with Crippen molar-refractivity contribution in [2.45, 2.75) is 24.8 Å². The van der Waals surface area contributed by atoms with Crippen LogP contribution >= 0.6 is 0 Å². The van der Waals surface area contributed by atoms with Crippen molar-refractivity contribution in [3.05, 3.63) is 35.1 Å². The van der Waals surface area contributed by atoms with Gasteiger partial charge >= 0.3 is 6.18 Å². The summed E-state index contributed by atoms with van der Waals surface area (Å²) < 4.78 is 50.8. The second-order valence-corrected chi connectivity index (χ2v) is 3.75. The van der Waals surface area contributed by atoms with Crippen LogP contribution in [0.2, 0.25) is 0 Å². The highest BCUT2D eigenvalue weighted by atomic mass is 19.4. The molecule has 18 heavy (non-hydrogen) atoms. The topological polar surface area (TPSA) is 60.7 Å². The van der Waals surface area contributed by atoms with Crippen LogP contribution in [0.1, 0.15) is 23.7 Å². The summed E-state index contributed by atoms with van der Waals surface area (Å²) in [4.78, 5) is 0. The van der Waals surface area contributed by atoms with Gasteiger partial charge < -0.3 is 15.3 Å². The number of hydrogen-bond donors (Lipinski definition) is 3. The van der Waals surface area contributed by atoms with E-state index >= 15 is 0 Å². The molecule has 0 aliphatic heterocycles. The molecule has 1 aromatic carbocycles. The van der Waals surface area contributed by atoms with Gasteiger partial charge in [-0.25, -0.2) is 4.39 Å². The van der Waals surface area contributed by atoms with Crippen molar-refractivity contribution in [1.29, 1.82) is 0 Å². The highest BCUT2D eigenvalue weighted by molar-refractivity contribution is 5.32. The maximum absolute atomic E-state index is 12.9. The summed E-state index contributed by atoms with van der Waals surface area (Å²) >= 11 is 0. The maximum atomic E-state index is 12.9. The predicted molar refractivity (Wildman–Crippen MR) is 54.1 cm³/mol. The molecule has 0 radical (unpaired) electrons. The molecule has 1 rings (SSSR count). The fraction of sp³-hybridized carbons (Fsp3) is 0.455. The number of rotatable bonds is 4. The fourth-order valence-electron chi connectivity index (χ4n) is 1.53. The van der Waals surface area contributed by atoms with Crippen molar-refractivity contribution in [3.8, 4) is 0 Å². The van der Waals surface area contributed by atoms with E-state index in [-0.39, 0.29) is 6.42 Å². The largest absolute Gasteiger partial charge is 0.416 e. The van der Waals surface area contributed by atoms with Gasteiger partial charge in [0.15, 0.2) is 0 Å². The molecular weight excluding hydrogens is 256 g/mol. The van der Waals surface area contributed by atoms with Gasteiger partial charge in [0.2, 0.25) is 0 Å². The van der Waals surface area contributed by atoms with Crippen LogP contribution in [0.3, 0.4) is 0 Å². The van der Waals surface area contributed by atoms with Crippen LogP contribution in [0.15, 0.2) is 18.2 Å². The van der Waals surface area contributed by atoms with Gasteiger partial charge in [-0.15, -0.1) is 0 Å². The van der Waals surface area contributed by atoms with Crippen LogP contribution in [-0.2, 0) is 6.18 Å². The van der Waals surface area contributed by atoms with Crippen molar-refractivity contribution < 1.29 is 32.9 Å². The molecule has 7 heteroatoms. The molecule has 1 aromatic rings. The summed E-state index contributed by atoms with van der Waals surface area (Å²) in [6.45, 7) is -0.505. The molecule has 0 heterocycles. The molecule has 102 valence electrons. The van der Waals surface area contributed by atoms with Gasteiger partial charge in [-0.05, 0) is 30.2 Å². The summed E-state index contributed by atoms with van der Waals surface area (Å²) in [6.07, 6.45) is -8.58. The Kier molecular flexibility index (Phi) is 4.66. The molecule has 0 saturated heterocycles. The molecule has 3 nitrogen and oxygen atoms in total. The average molecular weight is 268 g/mol. The lowest BCUT2D eigenvalue weighted by Crippen LogP contribution is -2.23. The van der Waals surface area contributed by atoms with Gasteiger partial charge in [-0.3, -0.25) is 0 Å². The minimum atomic E-state index is -4.76. The van der Waals surface area contributed by atoms with E-state index in [1.807, 2.05) is 0 Å². The number of aliphatic hydroxyl groups excluding tert-OH is 3. The van der Waals surface area contributed by atoms with Crippen LogP contribution < -0.4 is 0 Å². The molecule has 0 amide bonds. The Bertz CT molecular complexity index is 406. The first kappa shape index (κ1) is 14.9. The van der Waals surface area contributed by atoms with Gasteiger partial charge in [-0.2, -0.15) is 13.2 Å². The van der Waals surface area contributed by atoms with Gasteiger partial charge in [0, 0.05) is 6.61 Å². The smallest absolute Gasteiger partial charge is 0.396 e. The fourth-order valence-corrected chi connectivity index (χ4v) is 1.53. The van der Waals surface area contributed by atoms with Gasteiger partial charge in [0.1, 0.15) is 11.9 Å². The van der Waals surface area contributed by atoms with Crippen molar-refractivity contribution >= 4 is 0 Å². The van der Waals surface area contributed by atoms with E-state index in [1.165, 1.54) is 0 Å². The third kappa shape index (κ3) is 3.41. The Labute approximate surface area is 100 Å². The number of halogens is 4. The Morgan fingerprint density at radius 2 is 1.78 bits per heavy atom. The maximum Gasteiger partial charge on any atom is 0.416 e. The Balaban J connectivity index is 3.17. The van der Waals surface area contributed by atoms with E-state index in [2.05, 4.69) is 0 Å².